The van der Waals surface area contributed by atoms with E-state index in [1.54, 1.807) is 24.3 Å². The molecule has 0 radical (unpaired) electrons. The maximum Gasteiger partial charge on any atom is 2.00 e. The molecule has 0 unspecified atom stereocenters. The van der Waals surface area contributed by atoms with Crippen molar-refractivity contribution in [3.05, 3.63) is 443 Å². The fraction of sp³-hybridized carbons (Fsp3) is 0.0796. The molecule has 0 saturated carbocycles. The zero-order valence-electron chi connectivity index (χ0n) is 71.8. The quantitative estimate of drug-likeness (QED) is 0.0512. The number of para-hydroxylation sites is 2. The molecule has 0 saturated heterocycles. The summed E-state index contributed by atoms with van der Waals surface area (Å²) in [5.74, 6) is 3.48. The van der Waals surface area contributed by atoms with Gasteiger partial charge in [0.1, 0.15) is 34.5 Å². The average molecular weight is 1710 g/mol. The Morgan fingerprint density at radius 1 is 0.172 bits per heavy atom. The number of hydrogen-bond acceptors (Lipinski definition) is 6. The molecule has 0 spiro atoms. The van der Waals surface area contributed by atoms with E-state index in [1.165, 1.54) is 49.0 Å². The van der Waals surface area contributed by atoms with E-state index in [0.717, 1.165) is 109 Å². The summed E-state index contributed by atoms with van der Waals surface area (Å²) in [7, 11) is 0. The number of hydrogen-bond donors (Lipinski definition) is 6. The first-order valence-corrected chi connectivity index (χ1v) is 38.5. The van der Waals surface area contributed by atoms with Crippen LogP contribution in [-0.2, 0) is 65.2 Å². The number of phenolic OH excluding ortho intramolecular Hbond substituents is 6. The second-order valence-corrected chi connectivity index (χ2v) is 29.3. The average Bonchev–Trinajstić information content (AvgIpc) is 0.735. The molecule has 19 aromatic rings. The van der Waals surface area contributed by atoms with Gasteiger partial charge in [-0.05, 0) is 180 Å². The zero-order valence-corrected chi connectivity index (χ0v) is 76.5. The van der Waals surface area contributed by atoms with Crippen LogP contribution in [0.25, 0.3) is 142 Å². The Balaban J connectivity index is 0.000000257. The summed E-state index contributed by atoms with van der Waals surface area (Å²) < 4.78 is 0. The number of phenols is 6. The Bertz CT molecular complexity index is 6560. The van der Waals surface area contributed by atoms with Crippen molar-refractivity contribution in [3.63, 3.8) is 0 Å². The minimum absolute atomic E-state index is 0. The fourth-order valence-electron chi connectivity index (χ4n) is 15.0. The molecule has 0 aromatic heterocycles. The number of fused-ring (bicyclic) bond motifs is 11. The molecule has 0 aliphatic carbocycles. The first-order chi connectivity index (χ1) is 55.1. The minimum Gasteiger partial charge on any atom is -0.507 e. The van der Waals surface area contributed by atoms with Crippen molar-refractivity contribution in [3.8, 4) is 90.1 Å². The molecule has 0 bridgehead atoms. The van der Waals surface area contributed by atoms with Gasteiger partial charge in [0, 0.05) is 38.6 Å². The minimum atomic E-state index is 0. The molecule has 6 N–H and O–H groups in total. The monoisotopic (exact) mass is 1700 g/mol. The molecule has 9 heteroatoms. The van der Waals surface area contributed by atoms with Crippen LogP contribution in [0.2, 0.25) is 0 Å². The molecule has 0 amide bonds. The van der Waals surface area contributed by atoms with Crippen LogP contribution in [0.4, 0.5) is 0 Å². The zero-order chi connectivity index (χ0) is 78.5. The van der Waals surface area contributed by atoms with E-state index in [2.05, 4.69) is 181 Å². The van der Waals surface area contributed by atoms with Gasteiger partial charge in [-0.3, -0.25) is 0 Å². The van der Waals surface area contributed by atoms with Gasteiger partial charge in [-0.2, -0.15) is 0 Å². The molecule has 0 heterocycles. The van der Waals surface area contributed by atoms with Gasteiger partial charge in [0.25, 0.3) is 0 Å². The van der Waals surface area contributed by atoms with E-state index in [0.29, 0.717) is 52.3 Å². The van der Waals surface area contributed by atoms with Crippen LogP contribution in [-0.4, -0.2) is 30.6 Å². The second-order valence-electron chi connectivity index (χ2n) is 29.3. The van der Waals surface area contributed by atoms with E-state index in [4.69, 9.17) is 0 Å². The van der Waals surface area contributed by atoms with Crippen molar-refractivity contribution >= 4 is 86.2 Å². The van der Waals surface area contributed by atoms with Crippen LogP contribution < -0.4 is 0 Å². The van der Waals surface area contributed by atoms with E-state index >= 15 is 0 Å². The summed E-state index contributed by atoms with van der Waals surface area (Å²) in [6.45, 7) is 13.0. The van der Waals surface area contributed by atoms with Gasteiger partial charge in [0.05, 0.1) is 0 Å². The SMILES string of the molecule is CC(C)c1ccc(O)c(-c2ccccc2)c1.CC(C)c1ccc2c(c1)cc(O)c1cc(C(C)C)ccc12.Oc1c(-c2ccccc2)c2ccccc2c2ccccc12.Oc1ccc2ccccc2c1-c1ccccc1.Oc1ccccc1-c1cccc2c1ccc1ccccc12.Oc1ccccc1-c1cccc2ccccc12.[CH3-].[CH3-].[CH3-].[CH3-].[CH3-].[CH3-].[Ti+2].[Ti+2].[Ti+2]. The maximum atomic E-state index is 10.8. The third-order valence-corrected chi connectivity index (χ3v) is 21.0. The third kappa shape index (κ3) is 22.7. The topological polar surface area (TPSA) is 121 Å². The summed E-state index contributed by atoms with van der Waals surface area (Å²) in [6.07, 6.45) is 0. The van der Waals surface area contributed by atoms with Crippen molar-refractivity contribution in [1.29, 1.82) is 0 Å². The largest absolute Gasteiger partial charge is 2.00 e. The number of benzene rings is 19. The van der Waals surface area contributed by atoms with Gasteiger partial charge in [-0.25, -0.2) is 0 Å². The first-order valence-electron chi connectivity index (χ1n) is 38.5. The molecule has 0 aliphatic heterocycles. The molecule has 0 atom stereocenters. The Morgan fingerprint density at radius 3 is 1.04 bits per heavy atom. The summed E-state index contributed by atoms with van der Waals surface area (Å²) in [5, 5.41) is 79.3. The summed E-state index contributed by atoms with van der Waals surface area (Å²) in [6, 6.07) is 127. The van der Waals surface area contributed by atoms with Crippen LogP contribution in [0.1, 0.15) is 76.0 Å². The first kappa shape index (κ1) is 101. The smallest absolute Gasteiger partial charge is 0.507 e. The van der Waals surface area contributed by atoms with Crippen LogP contribution >= 0.6 is 0 Å². The van der Waals surface area contributed by atoms with E-state index < -0.39 is 0 Å². The third-order valence-electron chi connectivity index (χ3n) is 21.0. The van der Waals surface area contributed by atoms with E-state index in [9.17, 15) is 30.6 Å². The van der Waals surface area contributed by atoms with Gasteiger partial charge in [0.2, 0.25) is 0 Å². The van der Waals surface area contributed by atoms with Gasteiger partial charge < -0.3 is 75.2 Å². The molecule has 122 heavy (non-hydrogen) atoms. The molecule has 6 nitrogen and oxygen atoms in total. The maximum absolute atomic E-state index is 10.8. The molecule has 0 fully saturated rings. The summed E-state index contributed by atoms with van der Waals surface area (Å²) in [5.41, 5.74) is 13.6. The Labute approximate surface area is 768 Å². The van der Waals surface area contributed by atoms with Crippen molar-refractivity contribution < 1.29 is 95.8 Å². The van der Waals surface area contributed by atoms with Crippen molar-refractivity contribution in [2.75, 3.05) is 0 Å². The van der Waals surface area contributed by atoms with Crippen molar-refractivity contribution in [2.45, 2.75) is 59.3 Å². The van der Waals surface area contributed by atoms with Gasteiger partial charge in [-0.15, -0.1) is 0 Å². The van der Waals surface area contributed by atoms with Gasteiger partial charge >= 0.3 is 65.2 Å². The Kier molecular flexibility index (Phi) is 38.7. The predicted molar refractivity (Wildman–Crippen MR) is 517 cm³/mol. The molecule has 0 aliphatic rings. The number of rotatable bonds is 8. The predicted octanol–water partition coefficient (Wildman–Crippen LogP) is 32.0. The van der Waals surface area contributed by atoms with Crippen LogP contribution in [0.3, 0.4) is 0 Å². The van der Waals surface area contributed by atoms with Gasteiger partial charge in [0.15, 0.2) is 0 Å². The Hall–Kier alpha value is -11.8. The van der Waals surface area contributed by atoms with Crippen LogP contribution in [0, 0.1) is 44.6 Å². The summed E-state index contributed by atoms with van der Waals surface area (Å²) in [4.78, 5) is 0. The van der Waals surface area contributed by atoms with Crippen molar-refractivity contribution in [1.82, 2.24) is 0 Å². The van der Waals surface area contributed by atoms with Crippen molar-refractivity contribution in [2.24, 2.45) is 0 Å². The number of aromatic hydroxyl groups is 6. The molecule has 608 valence electrons. The second kappa shape index (κ2) is 46.8. The van der Waals surface area contributed by atoms with Crippen LogP contribution in [0.5, 0.6) is 34.5 Å². The fourth-order valence-corrected chi connectivity index (χ4v) is 15.0. The molecule has 19 aromatic carbocycles. The summed E-state index contributed by atoms with van der Waals surface area (Å²) >= 11 is 0. The van der Waals surface area contributed by atoms with E-state index in [-0.39, 0.29) is 110 Å². The Morgan fingerprint density at radius 2 is 0.492 bits per heavy atom. The van der Waals surface area contributed by atoms with Gasteiger partial charge in [-0.1, -0.05) is 381 Å². The molecule has 19 rings (SSSR count). The van der Waals surface area contributed by atoms with Crippen LogP contribution in [0.15, 0.2) is 382 Å². The molecular formula is C113H108O6Ti3. The standard InChI is InChI=1S/2C20H14O.C20H22O.2C16H12O.C15H16O.6CH3.3Ti/c21-20-11-4-3-8-19(20)17-10-5-9-16-15-7-2-1-6-14(15)12-13-18(16)17;21-20-18-13-7-5-11-16(18)15-10-4-6-12-17(15)19(20)14-8-2-1-3-9-14;1-12(2)14-5-7-17-16(9-14)11-20(21)19-10-15(13(3)4)6-8-18(17)19;17-16-11-4-3-9-15(16)14-10-5-7-12-6-1-2-8-13(12)14;17-15-11-10-12-6-4-5-9-14(12)16(15)13-7-2-1-3-8-13;1-11(2)13-8-9-15(16)14(10-13)12-6-4-3-5-7-12;;;;;;;;;/h2*1-13,21H;5-13,21H,1-4H3;2*1-11,17H;3-11,16H,1-2H3;6*1H3;;;/q;;;;;;6*-1;3*+2. The molecular weight excluding hydrogens is 1600 g/mol. The van der Waals surface area contributed by atoms with E-state index in [1.807, 2.05) is 218 Å². The normalized spacial score (nSPS) is 10.2.